The molecule has 1 saturated heterocycles. The second kappa shape index (κ2) is 8.94. The first-order valence-electron chi connectivity index (χ1n) is 10.6. The molecule has 0 spiro atoms. The Hall–Kier alpha value is -3.49. The fourth-order valence-corrected chi connectivity index (χ4v) is 4.00. The van der Waals surface area contributed by atoms with Gasteiger partial charge in [-0.3, -0.25) is 4.90 Å². The quantitative estimate of drug-likeness (QED) is 0.659. The minimum absolute atomic E-state index is 0.101. The Morgan fingerprint density at radius 2 is 2.06 bits per heavy atom. The van der Waals surface area contributed by atoms with Gasteiger partial charge in [0, 0.05) is 43.2 Å². The average molecular weight is 431 g/mol. The summed E-state index contributed by atoms with van der Waals surface area (Å²) in [6.07, 6.45) is 5.47. The highest BCUT2D eigenvalue weighted by atomic mass is 16.5. The molecule has 2 N–H and O–H groups in total. The van der Waals surface area contributed by atoms with Crippen molar-refractivity contribution in [1.82, 2.24) is 19.9 Å². The number of nitrogens with two attached hydrogens (primary N) is 1. The number of anilines is 1. The SMILES string of the molecule is COc1ccc2c(c1)C=C(CN1CCO[C@@H](c3cccc(-c4cnc(N)nc4)n3)C1)CO2. The van der Waals surface area contributed by atoms with Crippen LogP contribution in [0.4, 0.5) is 5.95 Å². The van der Waals surface area contributed by atoms with Crippen LogP contribution in [0, 0.1) is 0 Å². The van der Waals surface area contributed by atoms with E-state index < -0.39 is 0 Å². The lowest BCUT2D eigenvalue weighted by Crippen LogP contribution is -2.40. The molecule has 164 valence electrons. The van der Waals surface area contributed by atoms with Gasteiger partial charge in [0.25, 0.3) is 0 Å². The third-order valence-electron chi connectivity index (χ3n) is 5.64. The van der Waals surface area contributed by atoms with E-state index >= 15 is 0 Å². The van der Waals surface area contributed by atoms with Crippen LogP contribution in [0.2, 0.25) is 0 Å². The number of nitrogens with zero attached hydrogens (tertiary/aromatic N) is 4. The summed E-state index contributed by atoms with van der Waals surface area (Å²) in [5.74, 6) is 1.97. The van der Waals surface area contributed by atoms with Gasteiger partial charge in [0.15, 0.2) is 0 Å². The Kier molecular flexibility index (Phi) is 5.70. The van der Waals surface area contributed by atoms with Gasteiger partial charge < -0.3 is 19.9 Å². The number of hydrogen-bond donors (Lipinski definition) is 1. The zero-order valence-electron chi connectivity index (χ0n) is 17.9. The first-order valence-corrected chi connectivity index (χ1v) is 10.6. The van der Waals surface area contributed by atoms with E-state index in [1.807, 2.05) is 36.4 Å². The molecule has 2 aromatic heterocycles. The van der Waals surface area contributed by atoms with Crippen molar-refractivity contribution in [2.45, 2.75) is 6.10 Å². The topological polar surface area (TPSA) is 95.6 Å². The van der Waals surface area contributed by atoms with Crippen molar-refractivity contribution in [3.63, 3.8) is 0 Å². The Morgan fingerprint density at radius 3 is 2.91 bits per heavy atom. The van der Waals surface area contributed by atoms with Gasteiger partial charge in [-0.15, -0.1) is 0 Å². The molecule has 1 fully saturated rings. The third-order valence-corrected chi connectivity index (χ3v) is 5.64. The van der Waals surface area contributed by atoms with Gasteiger partial charge in [0.1, 0.15) is 24.2 Å². The van der Waals surface area contributed by atoms with Crippen LogP contribution in [0.15, 0.2) is 54.4 Å². The molecule has 0 saturated carbocycles. The van der Waals surface area contributed by atoms with Gasteiger partial charge in [-0.1, -0.05) is 6.07 Å². The number of nitrogen functional groups attached to an aromatic ring is 1. The van der Waals surface area contributed by atoms with E-state index in [9.17, 15) is 0 Å². The fraction of sp³-hybridized carbons (Fsp3) is 0.292. The minimum Gasteiger partial charge on any atom is -0.497 e. The molecule has 2 aliphatic rings. The predicted octanol–water partition coefficient (Wildman–Crippen LogP) is 2.98. The van der Waals surface area contributed by atoms with Crippen molar-refractivity contribution < 1.29 is 14.2 Å². The number of ether oxygens (including phenoxy) is 3. The summed E-state index contributed by atoms with van der Waals surface area (Å²) in [6, 6.07) is 11.8. The molecule has 0 amide bonds. The number of methoxy groups -OCH3 is 1. The zero-order chi connectivity index (χ0) is 21.9. The molecule has 1 aromatic carbocycles. The summed E-state index contributed by atoms with van der Waals surface area (Å²) < 4.78 is 17.3. The van der Waals surface area contributed by atoms with Crippen LogP contribution in [-0.2, 0) is 4.74 Å². The Bertz CT molecular complexity index is 1130. The highest BCUT2D eigenvalue weighted by Crippen LogP contribution is 2.31. The molecule has 3 aromatic rings. The second-order valence-electron chi connectivity index (χ2n) is 7.87. The molecule has 5 rings (SSSR count). The van der Waals surface area contributed by atoms with E-state index in [0.717, 1.165) is 53.6 Å². The summed E-state index contributed by atoms with van der Waals surface area (Å²) in [5, 5.41) is 0. The van der Waals surface area contributed by atoms with Crippen molar-refractivity contribution in [3.8, 4) is 22.8 Å². The molecule has 8 nitrogen and oxygen atoms in total. The maximum absolute atomic E-state index is 6.06. The van der Waals surface area contributed by atoms with Crippen molar-refractivity contribution in [2.24, 2.45) is 0 Å². The summed E-state index contributed by atoms with van der Waals surface area (Å²) >= 11 is 0. The van der Waals surface area contributed by atoms with Gasteiger partial charge in [0.2, 0.25) is 5.95 Å². The van der Waals surface area contributed by atoms with Gasteiger partial charge in [-0.05, 0) is 42.0 Å². The molecular weight excluding hydrogens is 406 g/mol. The highest BCUT2D eigenvalue weighted by Gasteiger charge is 2.25. The van der Waals surface area contributed by atoms with E-state index in [0.29, 0.717) is 13.2 Å². The van der Waals surface area contributed by atoms with Crippen molar-refractivity contribution in [3.05, 3.63) is 65.6 Å². The molecule has 2 aliphatic heterocycles. The van der Waals surface area contributed by atoms with Crippen molar-refractivity contribution in [2.75, 3.05) is 45.7 Å². The minimum atomic E-state index is -0.101. The smallest absolute Gasteiger partial charge is 0.219 e. The van der Waals surface area contributed by atoms with E-state index in [1.54, 1.807) is 19.5 Å². The largest absolute Gasteiger partial charge is 0.497 e. The molecule has 4 heterocycles. The van der Waals surface area contributed by atoms with Crippen LogP contribution < -0.4 is 15.2 Å². The molecule has 1 atom stereocenters. The summed E-state index contributed by atoms with van der Waals surface area (Å²) in [4.78, 5) is 15.3. The molecule has 0 radical (unpaired) electrons. The fourth-order valence-electron chi connectivity index (χ4n) is 4.00. The lowest BCUT2D eigenvalue weighted by molar-refractivity contribution is -0.0293. The lowest BCUT2D eigenvalue weighted by Gasteiger charge is -2.34. The average Bonchev–Trinajstić information content (AvgIpc) is 2.84. The first kappa shape index (κ1) is 20.4. The lowest BCUT2D eigenvalue weighted by atomic mass is 10.1. The molecular formula is C24H25N5O3. The number of rotatable bonds is 5. The first-order chi connectivity index (χ1) is 15.7. The van der Waals surface area contributed by atoms with E-state index in [4.69, 9.17) is 24.9 Å². The Labute approximate surface area is 186 Å². The van der Waals surface area contributed by atoms with Crippen LogP contribution >= 0.6 is 0 Å². The van der Waals surface area contributed by atoms with Crippen LogP contribution in [0.25, 0.3) is 17.3 Å². The molecule has 8 heteroatoms. The standard InChI is InChI=1S/C24H25N5O3/c1-30-19-5-6-22-17(10-19)9-16(15-32-22)13-29-7-8-31-23(14-29)21-4-2-3-20(28-21)18-11-26-24(25)27-12-18/h2-6,9-12,23H,7-8,13-15H2,1H3,(H2,25,26,27)/t23-/m1/s1. The number of aromatic nitrogens is 3. The Morgan fingerprint density at radius 1 is 1.19 bits per heavy atom. The highest BCUT2D eigenvalue weighted by molar-refractivity contribution is 5.64. The van der Waals surface area contributed by atoms with Gasteiger partial charge >= 0.3 is 0 Å². The van der Waals surface area contributed by atoms with Crippen LogP contribution in [-0.4, -0.2) is 59.8 Å². The van der Waals surface area contributed by atoms with Crippen molar-refractivity contribution >= 4 is 12.0 Å². The molecule has 0 unspecified atom stereocenters. The number of morpholine rings is 1. The predicted molar refractivity (Wildman–Crippen MR) is 121 cm³/mol. The maximum atomic E-state index is 6.06. The number of pyridine rings is 1. The van der Waals surface area contributed by atoms with E-state index in [1.165, 1.54) is 5.57 Å². The molecule has 0 bridgehead atoms. The summed E-state index contributed by atoms with van der Waals surface area (Å²) in [5.41, 5.74) is 10.4. The maximum Gasteiger partial charge on any atom is 0.219 e. The number of benzene rings is 1. The van der Waals surface area contributed by atoms with E-state index in [2.05, 4.69) is 20.9 Å². The van der Waals surface area contributed by atoms with Crippen LogP contribution in [0.3, 0.4) is 0 Å². The van der Waals surface area contributed by atoms with Crippen molar-refractivity contribution in [1.29, 1.82) is 0 Å². The van der Waals surface area contributed by atoms with Crippen LogP contribution in [0.5, 0.6) is 11.5 Å². The monoisotopic (exact) mass is 431 g/mol. The second-order valence-corrected chi connectivity index (χ2v) is 7.87. The number of fused-ring (bicyclic) bond motifs is 1. The summed E-state index contributed by atoms with van der Waals surface area (Å²) in [6.45, 7) is 3.69. The van der Waals surface area contributed by atoms with Gasteiger partial charge in [-0.2, -0.15) is 0 Å². The molecule has 0 aliphatic carbocycles. The zero-order valence-corrected chi connectivity index (χ0v) is 17.9. The number of hydrogen-bond acceptors (Lipinski definition) is 8. The summed E-state index contributed by atoms with van der Waals surface area (Å²) in [7, 11) is 1.67. The Balaban J connectivity index is 1.29. The molecule has 32 heavy (non-hydrogen) atoms. The third kappa shape index (κ3) is 4.42. The van der Waals surface area contributed by atoms with Gasteiger partial charge in [0.05, 0.1) is 25.1 Å². The van der Waals surface area contributed by atoms with Gasteiger partial charge in [-0.25, -0.2) is 15.0 Å². The van der Waals surface area contributed by atoms with Crippen LogP contribution in [0.1, 0.15) is 17.4 Å². The normalized spacial score (nSPS) is 18.4. The van der Waals surface area contributed by atoms with E-state index in [-0.39, 0.29) is 12.1 Å².